The third kappa shape index (κ3) is 8.84. The third-order valence-electron chi connectivity index (χ3n) is 9.34. The molecule has 6 atom stereocenters. The number of nitrogens with zero attached hydrogens (tertiary/aromatic N) is 2. The lowest BCUT2D eigenvalue weighted by Crippen LogP contribution is -2.57. The number of alkyl carbamates (subject to hydrolysis) is 1. The summed E-state index contributed by atoms with van der Waals surface area (Å²) in [6.45, 7) is 10.5. The highest BCUT2D eigenvalue weighted by atomic mass is 16.7. The van der Waals surface area contributed by atoms with Gasteiger partial charge in [-0.3, -0.25) is 19.2 Å². The first kappa shape index (κ1) is 35.8. The molecule has 0 aromatic heterocycles. The van der Waals surface area contributed by atoms with Crippen LogP contribution in [0.1, 0.15) is 92.4 Å². The normalized spacial score (nSPS) is 26.2. The molecule has 4 rings (SSSR count). The molecule has 0 aromatic rings. The highest BCUT2D eigenvalue weighted by Crippen LogP contribution is 2.40. The number of hydrogen-bond donors (Lipinski definition) is 2. The van der Waals surface area contributed by atoms with Crippen molar-refractivity contribution >= 4 is 35.2 Å². The maximum absolute atomic E-state index is 14.4. The van der Waals surface area contributed by atoms with E-state index in [1.165, 1.54) is 12.0 Å². The van der Waals surface area contributed by atoms with E-state index in [1.54, 1.807) is 6.92 Å². The van der Waals surface area contributed by atoms with E-state index >= 15 is 0 Å². The van der Waals surface area contributed by atoms with E-state index in [9.17, 15) is 24.0 Å². The topological polar surface area (TPSA) is 162 Å². The standard InChI is InChI=1S/C33H52N4O9/c1-7-9-21(27(43-6)26(39)14-20-10-11-20)15-25(38)24-17-33(16-23(36-46-33)29(40)34-8-2)19-37(24)30(41)28(32(3,4)5)35-31(42)45-22-12-13-44-18-22/h20-22,24,27-28H,7-19H2,1-6H3,(H,34,40)(H,35,42)/t21-,22+,24+,27?,28-,33-/m1/s1. The molecule has 2 saturated heterocycles. The van der Waals surface area contributed by atoms with Crippen molar-refractivity contribution in [2.75, 3.05) is 33.4 Å². The van der Waals surface area contributed by atoms with Crippen LogP contribution < -0.4 is 10.6 Å². The van der Waals surface area contributed by atoms with Crippen LogP contribution in [0.25, 0.3) is 0 Å². The number of hydrogen-bond acceptors (Lipinski definition) is 10. The summed E-state index contributed by atoms with van der Waals surface area (Å²) < 4.78 is 16.5. The number of ketones is 2. The van der Waals surface area contributed by atoms with Gasteiger partial charge in [-0.05, 0) is 43.4 Å². The molecule has 46 heavy (non-hydrogen) atoms. The minimum Gasteiger partial charge on any atom is -0.444 e. The predicted octanol–water partition coefficient (Wildman–Crippen LogP) is 2.93. The molecule has 258 valence electrons. The lowest BCUT2D eigenvalue weighted by molar-refractivity contribution is -0.143. The number of methoxy groups -OCH3 is 1. The molecule has 0 aromatic carbocycles. The number of rotatable bonds is 15. The van der Waals surface area contributed by atoms with Crippen molar-refractivity contribution in [3.8, 4) is 0 Å². The largest absolute Gasteiger partial charge is 0.444 e. The number of ether oxygens (including phenoxy) is 3. The van der Waals surface area contributed by atoms with Crippen molar-refractivity contribution in [3.63, 3.8) is 0 Å². The van der Waals surface area contributed by atoms with Crippen LogP contribution in [0.2, 0.25) is 0 Å². The summed E-state index contributed by atoms with van der Waals surface area (Å²) in [5.41, 5.74) is -1.63. The zero-order valence-corrected chi connectivity index (χ0v) is 28.2. The molecule has 3 fully saturated rings. The molecule has 1 unspecified atom stereocenters. The fourth-order valence-corrected chi connectivity index (χ4v) is 6.73. The van der Waals surface area contributed by atoms with Gasteiger partial charge in [0.05, 0.1) is 25.8 Å². The summed E-state index contributed by atoms with van der Waals surface area (Å²) in [6.07, 6.45) is 2.88. The number of nitrogens with one attached hydrogen (secondary N) is 2. The smallest absolute Gasteiger partial charge is 0.408 e. The van der Waals surface area contributed by atoms with Crippen LogP contribution >= 0.6 is 0 Å². The maximum atomic E-state index is 14.4. The summed E-state index contributed by atoms with van der Waals surface area (Å²) >= 11 is 0. The zero-order chi connectivity index (χ0) is 33.6. The second kappa shape index (κ2) is 15.2. The van der Waals surface area contributed by atoms with Crippen molar-refractivity contribution in [3.05, 3.63) is 0 Å². The van der Waals surface area contributed by atoms with Crippen LogP contribution in [0.15, 0.2) is 5.16 Å². The Balaban J connectivity index is 1.58. The molecular formula is C33H52N4O9. The monoisotopic (exact) mass is 648 g/mol. The van der Waals surface area contributed by atoms with Crippen LogP contribution in [0.3, 0.4) is 0 Å². The molecule has 1 spiro atoms. The van der Waals surface area contributed by atoms with Crippen molar-refractivity contribution in [2.45, 2.75) is 122 Å². The average Bonchev–Trinajstić information content (AvgIpc) is 3.34. The Bertz CT molecular complexity index is 1170. The summed E-state index contributed by atoms with van der Waals surface area (Å²) in [5, 5.41) is 9.53. The van der Waals surface area contributed by atoms with Gasteiger partial charge in [0.25, 0.3) is 5.91 Å². The molecule has 0 bridgehead atoms. The van der Waals surface area contributed by atoms with Gasteiger partial charge in [-0.2, -0.15) is 0 Å². The van der Waals surface area contributed by atoms with Gasteiger partial charge in [0.15, 0.2) is 17.2 Å². The molecule has 4 aliphatic rings. The number of likely N-dealkylation sites (tertiary alicyclic amines) is 1. The first-order valence-corrected chi connectivity index (χ1v) is 16.8. The van der Waals surface area contributed by atoms with Gasteiger partial charge < -0.3 is 34.6 Å². The summed E-state index contributed by atoms with van der Waals surface area (Å²) in [4.78, 5) is 74.7. The fourth-order valence-electron chi connectivity index (χ4n) is 6.73. The Morgan fingerprint density at radius 1 is 1.13 bits per heavy atom. The minimum absolute atomic E-state index is 0.00117. The van der Waals surface area contributed by atoms with Gasteiger partial charge >= 0.3 is 6.09 Å². The SMILES string of the molecule is CCC[C@H](CC(=O)[C@@H]1C[C@]2(CC(C(=O)NCC)=NO2)CN1C(=O)[C@@H](NC(=O)O[C@H]1CCOC1)C(C)(C)C)C(OC)C(=O)CC1CC1. The molecule has 3 heterocycles. The second-order valence-corrected chi connectivity index (χ2v) is 14.4. The average molecular weight is 649 g/mol. The lowest BCUT2D eigenvalue weighted by Gasteiger charge is -2.35. The highest BCUT2D eigenvalue weighted by Gasteiger charge is 2.56. The Morgan fingerprint density at radius 3 is 2.46 bits per heavy atom. The van der Waals surface area contributed by atoms with Crippen LogP contribution in [0.4, 0.5) is 4.79 Å². The maximum Gasteiger partial charge on any atom is 0.408 e. The zero-order valence-electron chi connectivity index (χ0n) is 28.2. The molecular weight excluding hydrogens is 596 g/mol. The molecule has 1 saturated carbocycles. The minimum atomic E-state index is -1.08. The van der Waals surface area contributed by atoms with Gasteiger partial charge in [-0.15, -0.1) is 0 Å². The Kier molecular flexibility index (Phi) is 11.8. The van der Waals surface area contributed by atoms with Crippen molar-refractivity contribution in [1.29, 1.82) is 0 Å². The number of oxime groups is 1. The Labute approximate surface area is 271 Å². The first-order valence-electron chi connectivity index (χ1n) is 16.8. The molecule has 13 heteroatoms. The molecule has 0 radical (unpaired) electrons. The van der Waals surface area contributed by atoms with Crippen LogP contribution in [0, 0.1) is 17.3 Å². The van der Waals surface area contributed by atoms with E-state index in [0.717, 1.165) is 19.3 Å². The Hall–Kier alpha value is -3.06. The second-order valence-electron chi connectivity index (χ2n) is 14.4. The van der Waals surface area contributed by atoms with Crippen LogP contribution in [-0.2, 0) is 38.2 Å². The number of Topliss-reactive ketones (excluding diaryl/α,β-unsaturated/α-hetero) is 2. The lowest BCUT2D eigenvalue weighted by atomic mass is 9.84. The van der Waals surface area contributed by atoms with Crippen LogP contribution in [0.5, 0.6) is 0 Å². The predicted molar refractivity (Wildman–Crippen MR) is 168 cm³/mol. The summed E-state index contributed by atoms with van der Waals surface area (Å²) in [5.74, 6) is -1.00. The molecule has 3 amide bonds. The van der Waals surface area contributed by atoms with E-state index in [-0.39, 0.29) is 54.9 Å². The molecule has 3 aliphatic heterocycles. The van der Waals surface area contributed by atoms with E-state index in [1.807, 2.05) is 27.7 Å². The fraction of sp³-hybridized carbons (Fsp3) is 0.818. The van der Waals surface area contributed by atoms with Gasteiger partial charge in [-0.1, -0.05) is 39.3 Å². The number of carbonyl (C=O) groups is 5. The highest BCUT2D eigenvalue weighted by molar-refractivity contribution is 6.39. The molecule has 1 aliphatic carbocycles. The van der Waals surface area contributed by atoms with E-state index in [2.05, 4.69) is 15.8 Å². The number of carbonyl (C=O) groups excluding carboxylic acids is 5. The summed E-state index contributed by atoms with van der Waals surface area (Å²) in [7, 11) is 1.51. The first-order chi connectivity index (χ1) is 21.8. The van der Waals surface area contributed by atoms with E-state index in [0.29, 0.717) is 44.9 Å². The molecule has 2 N–H and O–H groups in total. The quantitative estimate of drug-likeness (QED) is 0.272. The van der Waals surface area contributed by atoms with E-state index in [4.69, 9.17) is 19.0 Å². The molecule has 13 nitrogen and oxygen atoms in total. The van der Waals surface area contributed by atoms with Crippen molar-refractivity contribution < 1.29 is 43.0 Å². The van der Waals surface area contributed by atoms with Gasteiger partial charge in [0.2, 0.25) is 5.91 Å². The van der Waals surface area contributed by atoms with Gasteiger partial charge in [0.1, 0.15) is 24.0 Å². The third-order valence-corrected chi connectivity index (χ3v) is 9.34. The van der Waals surface area contributed by atoms with E-state index < -0.39 is 47.3 Å². The Morgan fingerprint density at radius 2 is 1.87 bits per heavy atom. The van der Waals surface area contributed by atoms with Crippen LogP contribution in [-0.4, -0.2) is 103 Å². The van der Waals surface area contributed by atoms with Crippen molar-refractivity contribution in [2.24, 2.45) is 22.4 Å². The number of amides is 3. The summed E-state index contributed by atoms with van der Waals surface area (Å²) in [6, 6.07) is -1.95. The van der Waals surface area contributed by atoms with Gasteiger partial charge in [0, 0.05) is 45.8 Å². The van der Waals surface area contributed by atoms with Gasteiger partial charge in [-0.25, -0.2) is 4.79 Å². The van der Waals surface area contributed by atoms with Crippen molar-refractivity contribution in [1.82, 2.24) is 15.5 Å².